The molecule has 0 saturated heterocycles. The van der Waals surface area contributed by atoms with Gasteiger partial charge in [0.05, 0.1) is 0 Å². The fourth-order valence-corrected chi connectivity index (χ4v) is 2.28. The molecule has 0 saturated carbocycles. The van der Waals surface area contributed by atoms with Gasteiger partial charge in [0.2, 0.25) is 5.91 Å². The van der Waals surface area contributed by atoms with Gasteiger partial charge in [-0.05, 0) is 49.4 Å². The summed E-state index contributed by atoms with van der Waals surface area (Å²) in [6.07, 6.45) is 7.89. The Balaban J connectivity index is 1.63. The van der Waals surface area contributed by atoms with Gasteiger partial charge >= 0.3 is 0 Å². The number of rotatable bonds is 7. The molecule has 1 N–H and O–H groups in total. The third-order valence-corrected chi connectivity index (χ3v) is 3.57. The lowest BCUT2D eigenvalue weighted by Gasteiger charge is -2.04. The minimum Gasteiger partial charge on any atom is -0.326 e. The molecule has 0 unspecified atom stereocenters. The molecule has 0 atom stereocenters. The van der Waals surface area contributed by atoms with E-state index in [1.165, 1.54) is 11.1 Å². The Morgan fingerprint density at radius 2 is 1.73 bits per heavy atom. The van der Waals surface area contributed by atoms with E-state index in [9.17, 15) is 4.79 Å². The second kappa shape index (κ2) is 8.83. The Bertz CT molecular complexity index is 617. The smallest absolute Gasteiger partial charge is 0.224 e. The first-order valence-corrected chi connectivity index (χ1v) is 7.83. The molecule has 0 aliphatic carbocycles. The molecule has 0 bridgehead atoms. The van der Waals surface area contributed by atoms with E-state index < -0.39 is 0 Å². The maximum absolute atomic E-state index is 11.8. The van der Waals surface area contributed by atoms with Gasteiger partial charge in [-0.3, -0.25) is 4.79 Å². The zero-order valence-electron chi connectivity index (χ0n) is 13.1. The van der Waals surface area contributed by atoms with E-state index in [0.717, 1.165) is 24.9 Å². The normalized spacial score (nSPS) is 10.8. The van der Waals surface area contributed by atoms with Crippen LogP contribution in [-0.2, 0) is 4.79 Å². The number of allylic oxidation sites excluding steroid dienone is 1. The van der Waals surface area contributed by atoms with Crippen molar-refractivity contribution >= 4 is 17.7 Å². The number of unbranched alkanes of at least 4 members (excludes halogenated alkanes) is 2. The predicted molar refractivity (Wildman–Crippen MR) is 93.8 cm³/mol. The van der Waals surface area contributed by atoms with Crippen LogP contribution in [0.2, 0.25) is 0 Å². The average molecular weight is 293 g/mol. The molecule has 0 aliphatic heterocycles. The first-order valence-electron chi connectivity index (χ1n) is 7.83. The van der Waals surface area contributed by atoms with Crippen molar-refractivity contribution in [3.8, 4) is 0 Å². The molecule has 2 aromatic rings. The maximum Gasteiger partial charge on any atom is 0.224 e. The summed E-state index contributed by atoms with van der Waals surface area (Å²) in [6, 6.07) is 17.9. The fraction of sp³-hybridized carbons (Fsp3) is 0.250. The first-order chi connectivity index (χ1) is 10.8. The zero-order valence-corrected chi connectivity index (χ0v) is 13.1. The SMILES string of the molecule is Cc1ccccc1/C=C/CCCCC(=O)Nc1ccccc1. The van der Waals surface area contributed by atoms with Gasteiger partial charge in [-0.15, -0.1) is 0 Å². The van der Waals surface area contributed by atoms with Crippen molar-refractivity contribution in [1.29, 1.82) is 0 Å². The molecule has 0 aromatic heterocycles. The van der Waals surface area contributed by atoms with Crippen LogP contribution in [-0.4, -0.2) is 5.91 Å². The molecule has 0 spiro atoms. The molecule has 2 nitrogen and oxygen atoms in total. The number of para-hydroxylation sites is 1. The minimum atomic E-state index is 0.0917. The van der Waals surface area contributed by atoms with Crippen molar-refractivity contribution in [2.75, 3.05) is 5.32 Å². The third kappa shape index (κ3) is 5.57. The van der Waals surface area contributed by atoms with E-state index in [4.69, 9.17) is 0 Å². The van der Waals surface area contributed by atoms with Crippen LogP contribution in [0.5, 0.6) is 0 Å². The molecule has 0 aliphatic rings. The Hall–Kier alpha value is -2.35. The molecule has 0 radical (unpaired) electrons. The average Bonchev–Trinajstić information content (AvgIpc) is 2.53. The van der Waals surface area contributed by atoms with Crippen LogP contribution in [0.25, 0.3) is 6.08 Å². The van der Waals surface area contributed by atoms with E-state index in [2.05, 4.69) is 48.7 Å². The summed E-state index contributed by atoms with van der Waals surface area (Å²) in [5.74, 6) is 0.0917. The monoisotopic (exact) mass is 293 g/mol. The van der Waals surface area contributed by atoms with Crippen molar-refractivity contribution in [1.82, 2.24) is 0 Å². The minimum absolute atomic E-state index is 0.0917. The number of carbonyl (C=O) groups excluding carboxylic acids is 1. The maximum atomic E-state index is 11.8. The predicted octanol–water partition coefficient (Wildman–Crippen LogP) is 5.21. The number of nitrogens with one attached hydrogen (secondary N) is 1. The number of carbonyl (C=O) groups is 1. The van der Waals surface area contributed by atoms with E-state index in [0.29, 0.717) is 6.42 Å². The van der Waals surface area contributed by atoms with Crippen molar-refractivity contribution < 1.29 is 4.79 Å². The van der Waals surface area contributed by atoms with E-state index in [-0.39, 0.29) is 5.91 Å². The van der Waals surface area contributed by atoms with E-state index in [1.54, 1.807) is 0 Å². The van der Waals surface area contributed by atoms with Gasteiger partial charge in [0.15, 0.2) is 0 Å². The summed E-state index contributed by atoms with van der Waals surface area (Å²) in [7, 11) is 0. The molecule has 22 heavy (non-hydrogen) atoms. The van der Waals surface area contributed by atoms with Gasteiger partial charge < -0.3 is 5.32 Å². The largest absolute Gasteiger partial charge is 0.326 e. The Morgan fingerprint density at radius 3 is 2.50 bits per heavy atom. The molecular weight excluding hydrogens is 270 g/mol. The van der Waals surface area contributed by atoms with Crippen LogP contribution in [0.4, 0.5) is 5.69 Å². The number of benzene rings is 2. The van der Waals surface area contributed by atoms with Crippen molar-refractivity contribution in [3.63, 3.8) is 0 Å². The molecule has 2 heteroatoms. The Morgan fingerprint density at radius 1 is 1.00 bits per heavy atom. The van der Waals surface area contributed by atoms with Crippen molar-refractivity contribution in [3.05, 3.63) is 71.8 Å². The fourth-order valence-electron chi connectivity index (χ4n) is 2.28. The summed E-state index contributed by atoms with van der Waals surface area (Å²) >= 11 is 0. The highest BCUT2D eigenvalue weighted by Gasteiger charge is 2.00. The lowest BCUT2D eigenvalue weighted by atomic mass is 10.1. The van der Waals surface area contributed by atoms with Gasteiger partial charge in [-0.1, -0.05) is 54.6 Å². The second-order valence-electron chi connectivity index (χ2n) is 5.42. The van der Waals surface area contributed by atoms with Crippen LogP contribution in [0.1, 0.15) is 36.8 Å². The summed E-state index contributed by atoms with van der Waals surface area (Å²) in [5.41, 5.74) is 3.43. The summed E-state index contributed by atoms with van der Waals surface area (Å²) in [5, 5.41) is 2.91. The molecular formula is C20H23NO. The lowest BCUT2D eigenvalue weighted by molar-refractivity contribution is -0.116. The number of anilines is 1. The van der Waals surface area contributed by atoms with Crippen molar-refractivity contribution in [2.24, 2.45) is 0 Å². The third-order valence-electron chi connectivity index (χ3n) is 3.57. The summed E-state index contributed by atoms with van der Waals surface area (Å²) in [6.45, 7) is 2.12. The second-order valence-corrected chi connectivity index (χ2v) is 5.42. The quantitative estimate of drug-likeness (QED) is 0.698. The molecule has 0 heterocycles. The van der Waals surface area contributed by atoms with Gasteiger partial charge in [-0.2, -0.15) is 0 Å². The van der Waals surface area contributed by atoms with Crippen molar-refractivity contribution in [2.45, 2.75) is 32.6 Å². The topological polar surface area (TPSA) is 29.1 Å². The van der Waals surface area contributed by atoms with Gasteiger partial charge in [-0.25, -0.2) is 0 Å². The first kappa shape index (κ1) is 16.0. The zero-order chi connectivity index (χ0) is 15.6. The highest BCUT2D eigenvalue weighted by atomic mass is 16.1. The summed E-state index contributed by atoms with van der Waals surface area (Å²) in [4.78, 5) is 11.8. The van der Waals surface area contributed by atoms with Crippen LogP contribution in [0, 0.1) is 6.92 Å². The Labute approximate surface area is 132 Å². The van der Waals surface area contributed by atoms with Crippen LogP contribution in [0.3, 0.4) is 0 Å². The number of hydrogen-bond donors (Lipinski definition) is 1. The molecule has 0 fully saturated rings. The highest BCUT2D eigenvalue weighted by Crippen LogP contribution is 2.11. The number of hydrogen-bond acceptors (Lipinski definition) is 1. The van der Waals surface area contributed by atoms with E-state index in [1.807, 2.05) is 30.3 Å². The van der Waals surface area contributed by atoms with Crippen LogP contribution >= 0.6 is 0 Å². The van der Waals surface area contributed by atoms with Gasteiger partial charge in [0.25, 0.3) is 0 Å². The van der Waals surface area contributed by atoms with Crippen LogP contribution in [0.15, 0.2) is 60.7 Å². The van der Waals surface area contributed by atoms with Crippen LogP contribution < -0.4 is 5.32 Å². The molecule has 2 rings (SSSR count). The standard InChI is InChI=1S/C20H23NO/c1-17-11-9-10-13-18(17)12-5-2-3-8-16-20(22)21-19-14-6-4-7-15-19/h4-7,9-15H,2-3,8,16H2,1H3,(H,21,22)/b12-5+. The molecule has 2 aromatic carbocycles. The molecule has 114 valence electrons. The highest BCUT2D eigenvalue weighted by molar-refractivity contribution is 5.90. The van der Waals surface area contributed by atoms with Gasteiger partial charge in [0.1, 0.15) is 0 Å². The Kier molecular flexibility index (Phi) is 6.43. The number of aryl methyl sites for hydroxylation is 1. The molecule has 1 amide bonds. The number of amides is 1. The van der Waals surface area contributed by atoms with E-state index >= 15 is 0 Å². The lowest BCUT2D eigenvalue weighted by Crippen LogP contribution is -2.10. The summed E-state index contributed by atoms with van der Waals surface area (Å²) < 4.78 is 0. The van der Waals surface area contributed by atoms with Gasteiger partial charge in [0, 0.05) is 12.1 Å².